The van der Waals surface area contributed by atoms with Gasteiger partial charge in [-0.1, -0.05) is 110 Å². The lowest BCUT2D eigenvalue weighted by Gasteiger charge is -2.20. The molecule has 0 fully saturated rings. The highest BCUT2D eigenvalue weighted by atomic mass is 32.2. The van der Waals surface area contributed by atoms with Gasteiger partial charge in [-0.2, -0.15) is 0 Å². The molecule has 2 unspecified atom stereocenters. The van der Waals surface area contributed by atoms with Crippen LogP contribution in [-0.2, 0) is 62.0 Å². The minimum Gasteiger partial charge on any atom is -0.464 e. The summed E-state index contributed by atoms with van der Waals surface area (Å²) in [6.07, 6.45) is 14.3. The fraction of sp³-hybridized carbons (Fsp3) is 0.841. The quantitative estimate of drug-likeness (QED) is 0.0249. The molecule has 0 saturated heterocycles. The molecule has 14 nitrogen and oxygen atoms in total. The molecule has 59 heavy (non-hydrogen) atoms. The van der Waals surface area contributed by atoms with Gasteiger partial charge in [-0.15, -0.1) is 0 Å². The number of esters is 5. The van der Waals surface area contributed by atoms with E-state index in [0.717, 1.165) is 95.4 Å². The summed E-state index contributed by atoms with van der Waals surface area (Å²) in [5, 5.41) is -0.537. The Hall–Kier alpha value is -3.20. The summed E-state index contributed by atoms with van der Waals surface area (Å²) in [7, 11) is 3.83. The van der Waals surface area contributed by atoms with E-state index < -0.39 is 47.3 Å². The molecule has 0 saturated carbocycles. The number of hydrogen-bond acceptors (Lipinski definition) is 15. The van der Waals surface area contributed by atoms with E-state index in [1.54, 1.807) is 0 Å². The van der Waals surface area contributed by atoms with Crippen molar-refractivity contribution >= 4 is 53.2 Å². The van der Waals surface area contributed by atoms with Crippen LogP contribution in [-0.4, -0.2) is 111 Å². The summed E-state index contributed by atoms with van der Waals surface area (Å²) in [5.74, 6) is -2.55. The van der Waals surface area contributed by atoms with Gasteiger partial charge in [-0.25, -0.2) is 0 Å². The van der Waals surface area contributed by atoms with E-state index in [1.165, 1.54) is 0 Å². The van der Waals surface area contributed by atoms with E-state index in [2.05, 4.69) is 20.8 Å². The average molecular weight is 860 g/mol. The van der Waals surface area contributed by atoms with Crippen LogP contribution in [0.2, 0.25) is 0 Å². The highest BCUT2D eigenvalue weighted by Gasteiger charge is 2.24. The summed E-state index contributed by atoms with van der Waals surface area (Å²) >= 11 is 1.06. The first-order valence-corrected chi connectivity index (χ1v) is 23.1. The first kappa shape index (κ1) is 55.8. The van der Waals surface area contributed by atoms with Crippen LogP contribution in [0.25, 0.3) is 0 Å². The lowest BCUT2D eigenvalue weighted by molar-refractivity contribution is -0.167. The summed E-state index contributed by atoms with van der Waals surface area (Å²) < 4.78 is 32.1. The molecule has 0 bridgehead atoms. The van der Waals surface area contributed by atoms with Gasteiger partial charge in [0.2, 0.25) is 0 Å². The van der Waals surface area contributed by atoms with Crippen molar-refractivity contribution in [3.05, 3.63) is 0 Å². The average Bonchev–Trinajstić information content (AvgIpc) is 3.20. The molecule has 0 amide bonds. The van der Waals surface area contributed by atoms with Gasteiger partial charge in [0.25, 0.3) is 6.47 Å². The van der Waals surface area contributed by atoms with Gasteiger partial charge in [-0.3, -0.25) is 33.6 Å². The number of carbonyl (C=O) groups is 7. The number of carbonyl (C=O) groups excluding carboxylic acids is 7. The number of nitrogens with zero attached hydrogens (tertiary/aromatic N) is 1. The standard InChI is InChI=1S/C44H77NO13S/c1-6-9-12-15-18-22-39(47)54-32-36(31-53-35-46)57-42(50)28-26-38(59-44(52)25-21-30-45(4)5)27-29-43(51)58-37(33-55-40(48)23-19-16-13-10-7-2)34-56-41(49)24-20-17-14-11-8-3/h35-38H,6-34H2,1-5H3. The third kappa shape index (κ3) is 36.4. The minimum absolute atomic E-state index is 0.0847. The van der Waals surface area contributed by atoms with Gasteiger partial charge >= 0.3 is 29.8 Å². The first-order chi connectivity index (χ1) is 28.4. The second-order valence-electron chi connectivity index (χ2n) is 15.3. The molecule has 0 aromatic carbocycles. The van der Waals surface area contributed by atoms with E-state index in [1.807, 2.05) is 19.0 Å². The molecule has 0 radical (unpaired) electrons. The smallest absolute Gasteiger partial charge is 0.306 e. The molecule has 15 heteroatoms. The topological polar surface area (TPSA) is 178 Å². The molecule has 0 aliphatic heterocycles. The Balaban J connectivity index is 5.46. The van der Waals surface area contributed by atoms with E-state index in [0.29, 0.717) is 32.1 Å². The largest absolute Gasteiger partial charge is 0.464 e. The second kappa shape index (κ2) is 39.0. The zero-order valence-corrected chi connectivity index (χ0v) is 37.8. The fourth-order valence-electron chi connectivity index (χ4n) is 5.87. The predicted molar refractivity (Wildman–Crippen MR) is 227 cm³/mol. The van der Waals surface area contributed by atoms with Crippen LogP contribution in [0.15, 0.2) is 0 Å². The van der Waals surface area contributed by atoms with Gasteiger partial charge in [0.15, 0.2) is 17.3 Å². The number of thioether (sulfide) groups is 1. The van der Waals surface area contributed by atoms with Gasteiger partial charge in [0.1, 0.15) is 26.4 Å². The number of ether oxygens (including phenoxy) is 6. The van der Waals surface area contributed by atoms with Gasteiger partial charge < -0.3 is 33.3 Å². The van der Waals surface area contributed by atoms with Crippen molar-refractivity contribution in [1.82, 2.24) is 4.90 Å². The normalized spacial score (nSPS) is 12.1. The third-order valence-corrected chi connectivity index (χ3v) is 10.6. The van der Waals surface area contributed by atoms with Crippen molar-refractivity contribution < 1.29 is 62.0 Å². The zero-order valence-electron chi connectivity index (χ0n) is 37.0. The van der Waals surface area contributed by atoms with Crippen LogP contribution >= 0.6 is 11.8 Å². The van der Waals surface area contributed by atoms with Crippen LogP contribution in [0.4, 0.5) is 0 Å². The molecule has 0 aromatic rings. The maximum Gasteiger partial charge on any atom is 0.306 e. The summed E-state index contributed by atoms with van der Waals surface area (Å²) in [5.41, 5.74) is 0. The lowest BCUT2D eigenvalue weighted by Crippen LogP contribution is -2.31. The van der Waals surface area contributed by atoms with Crippen LogP contribution in [0.3, 0.4) is 0 Å². The van der Waals surface area contributed by atoms with E-state index in [4.69, 9.17) is 28.4 Å². The highest BCUT2D eigenvalue weighted by Crippen LogP contribution is 2.25. The molecule has 0 heterocycles. The van der Waals surface area contributed by atoms with Crippen LogP contribution in [0.1, 0.15) is 175 Å². The number of unbranched alkanes of at least 4 members (excludes halogenated alkanes) is 12. The SMILES string of the molecule is CCCCCCCC(=O)OCC(COC=O)OC(=O)CCC(CCC(=O)OC(COC(=O)CCCCCCC)COC(=O)CCCCCCC)SC(=O)CCCN(C)C. The Morgan fingerprint density at radius 1 is 0.492 bits per heavy atom. The summed E-state index contributed by atoms with van der Waals surface area (Å²) in [6.45, 7) is 6.18. The van der Waals surface area contributed by atoms with Crippen molar-refractivity contribution in [2.45, 2.75) is 192 Å². The molecule has 0 N–H and O–H groups in total. The molecule has 0 rings (SSSR count). The van der Waals surface area contributed by atoms with Gasteiger partial charge in [0, 0.05) is 43.8 Å². The molecule has 0 aliphatic rings. The number of rotatable bonds is 40. The fourth-order valence-corrected chi connectivity index (χ4v) is 6.97. The maximum absolute atomic E-state index is 13.2. The van der Waals surface area contributed by atoms with Crippen LogP contribution < -0.4 is 0 Å². The highest BCUT2D eigenvalue weighted by molar-refractivity contribution is 8.14. The van der Waals surface area contributed by atoms with Crippen molar-refractivity contribution in [2.75, 3.05) is 47.1 Å². The van der Waals surface area contributed by atoms with Gasteiger partial charge in [-0.05, 0) is 59.2 Å². The Labute approximate surface area is 358 Å². The molecule has 342 valence electrons. The van der Waals surface area contributed by atoms with E-state index >= 15 is 0 Å². The number of hydrogen-bond donors (Lipinski definition) is 0. The Kier molecular flexibility index (Phi) is 36.9. The Morgan fingerprint density at radius 3 is 1.25 bits per heavy atom. The molecule has 2 atom stereocenters. The molecule has 0 aromatic heterocycles. The van der Waals surface area contributed by atoms with Gasteiger partial charge in [0.05, 0.1) is 0 Å². The van der Waals surface area contributed by atoms with Crippen LogP contribution in [0, 0.1) is 0 Å². The van der Waals surface area contributed by atoms with Crippen molar-refractivity contribution in [2.24, 2.45) is 0 Å². The molecular weight excluding hydrogens is 783 g/mol. The molecule has 0 aliphatic carbocycles. The predicted octanol–water partition coefficient (Wildman–Crippen LogP) is 8.22. The van der Waals surface area contributed by atoms with E-state index in [-0.39, 0.29) is 83.0 Å². The first-order valence-electron chi connectivity index (χ1n) is 22.2. The van der Waals surface area contributed by atoms with Crippen molar-refractivity contribution in [3.63, 3.8) is 0 Å². The molecular formula is C44H77NO13S. The Bertz CT molecular complexity index is 1120. The zero-order chi connectivity index (χ0) is 43.9. The summed E-state index contributed by atoms with van der Waals surface area (Å²) in [4.78, 5) is 89.0. The van der Waals surface area contributed by atoms with Crippen molar-refractivity contribution in [3.8, 4) is 0 Å². The second-order valence-corrected chi connectivity index (χ2v) is 16.6. The van der Waals surface area contributed by atoms with Crippen LogP contribution in [0.5, 0.6) is 0 Å². The minimum atomic E-state index is -1.01. The van der Waals surface area contributed by atoms with Crippen molar-refractivity contribution in [1.29, 1.82) is 0 Å². The summed E-state index contributed by atoms with van der Waals surface area (Å²) in [6, 6.07) is 0. The Morgan fingerprint density at radius 2 is 0.881 bits per heavy atom. The van der Waals surface area contributed by atoms with E-state index in [9.17, 15) is 33.6 Å². The monoisotopic (exact) mass is 860 g/mol. The lowest BCUT2D eigenvalue weighted by atomic mass is 10.1. The maximum atomic E-state index is 13.2. The third-order valence-electron chi connectivity index (χ3n) is 9.32. The molecule has 0 spiro atoms.